The van der Waals surface area contributed by atoms with Gasteiger partial charge < -0.3 is 10.6 Å². The Morgan fingerprint density at radius 2 is 2.17 bits per heavy atom. The van der Waals surface area contributed by atoms with Gasteiger partial charge in [0.15, 0.2) is 0 Å². The molecule has 1 aliphatic heterocycles. The second-order valence-corrected chi connectivity index (χ2v) is 7.01. The zero-order chi connectivity index (χ0) is 13.3. The molecule has 1 aromatic carbocycles. The minimum atomic E-state index is 0.388. The lowest BCUT2D eigenvalue weighted by molar-refractivity contribution is 0.293. The zero-order valence-electron chi connectivity index (χ0n) is 10.9. The predicted octanol–water partition coefficient (Wildman–Crippen LogP) is 3.71. The fourth-order valence-electron chi connectivity index (χ4n) is 2.55. The minimum absolute atomic E-state index is 0.388. The Balaban J connectivity index is 2.26. The van der Waals surface area contributed by atoms with Crippen molar-refractivity contribution in [1.29, 1.82) is 0 Å². The highest BCUT2D eigenvalue weighted by Crippen LogP contribution is 2.35. The van der Waals surface area contributed by atoms with Crippen molar-refractivity contribution in [3.05, 3.63) is 28.2 Å². The number of benzene rings is 1. The Morgan fingerprint density at radius 1 is 1.44 bits per heavy atom. The maximum absolute atomic E-state index is 5.65. The first-order valence-corrected chi connectivity index (χ1v) is 7.43. The molecule has 1 aliphatic rings. The number of thiocarbonyl (C=S) groups is 1. The molecule has 0 atom stereocenters. The van der Waals surface area contributed by atoms with Gasteiger partial charge in [-0.2, -0.15) is 0 Å². The molecule has 0 aromatic heterocycles. The molecule has 0 saturated carbocycles. The van der Waals surface area contributed by atoms with Gasteiger partial charge in [0.1, 0.15) is 4.99 Å². The maximum Gasteiger partial charge on any atom is 0.104 e. The number of hydrogen-bond donors (Lipinski definition) is 1. The molecule has 1 fully saturated rings. The van der Waals surface area contributed by atoms with E-state index in [0.29, 0.717) is 10.4 Å². The predicted molar refractivity (Wildman–Crippen MR) is 85.3 cm³/mol. The Morgan fingerprint density at radius 3 is 2.72 bits per heavy atom. The molecule has 2 nitrogen and oxygen atoms in total. The van der Waals surface area contributed by atoms with Crippen LogP contribution in [-0.4, -0.2) is 18.1 Å². The fourth-order valence-corrected chi connectivity index (χ4v) is 3.30. The van der Waals surface area contributed by atoms with E-state index in [-0.39, 0.29) is 0 Å². The molecular weight excluding hydrogens is 308 g/mol. The molecule has 0 spiro atoms. The van der Waals surface area contributed by atoms with Crippen LogP contribution in [0.4, 0.5) is 5.69 Å². The molecule has 2 N–H and O–H groups in total. The summed E-state index contributed by atoms with van der Waals surface area (Å²) < 4.78 is 1.07. The van der Waals surface area contributed by atoms with Crippen molar-refractivity contribution < 1.29 is 0 Å². The van der Waals surface area contributed by atoms with Gasteiger partial charge in [-0.05, 0) is 52.4 Å². The monoisotopic (exact) mass is 326 g/mol. The maximum atomic E-state index is 5.65. The van der Waals surface area contributed by atoms with Crippen LogP contribution in [0.25, 0.3) is 0 Å². The molecule has 0 radical (unpaired) electrons. The van der Waals surface area contributed by atoms with Crippen LogP contribution in [0.15, 0.2) is 22.7 Å². The number of halogens is 1. The van der Waals surface area contributed by atoms with E-state index in [4.69, 9.17) is 18.0 Å². The Hall–Kier alpha value is -0.610. The summed E-state index contributed by atoms with van der Waals surface area (Å²) in [6.07, 6.45) is 2.54. The molecule has 18 heavy (non-hydrogen) atoms. The van der Waals surface area contributed by atoms with Crippen LogP contribution in [0.1, 0.15) is 32.3 Å². The van der Waals surface area contributed by atoms with Crippen LogP contribution in [0.5, 0.6) is 0 Å². The quantitative estimate of drug-likeness (QED) is 0.840. The zero-order valence-corrected chi connectivity index (χ0v) is 13.3. The average molecular weight is 327 g/mol. The van der Waals surface area contributed by atoms with Crippen molar-refractivity contribution in [3.8, 4) is 0 Å². The van der Waals surface area contributed by atoms with E-state index in [1.54, 1.807) is 0 Å². The number of piperidine rings is 1. The molecule has 4 heteroatoms. The molecule has 98 valence electrons. The molecule has 0 amide bonds. The second-order valence-electron chi connectivity index (χ2n) is 5.72. The van der Waals surface area contributed by atoms with Crippen molar-refractivity contribution in [2.45, 2.75) is 26.7 Å². The lowest BCUT2D eigenvalue weighted by Gasteiger charge is -2.39. The first-order chi connectivity index (χ1) is 8.39. The van der Waals surface area contributed by atoms with Crippen molar-refractivity contribution in [1.82, 2.24) is 0 Å². The second kappa shape index (κ2) is 5.17. The van der Waals surface area contributed by atoms with Crippen molar-refractivity contribution in [3.63, 3.8) is 0 Å². The van der Waals surface area contributed by atoms with E-state index in [9.17, 15) is 0 Å². The average Bonchev–Trinajstić information content (AvgIpc) is 2.27. The Labute approximate surface area is 123 Å². The third kappa shape index (κ3) is 3.04. The van der Waals surface area contributed by atoms with Gasteiger partial charge in [0.25, 0.3) is 0 Å². The van der Waals surface area contributed by atoms with Crippen molar-refractivity contribution in [2.75, 3.05) is 18.0 Å². The van der Waals surface area contributed by atoms with Gasteiger partial charge in [0, 0.05) is 23.1 Å². The summed E-state index contributed by atoms with van der Waals surface area (Å²) in [5.41, 5.74) is 8.19. The number of hydrogen-bond acceptors (Lipinski definition) is 2. The number of nitrogens with two attached hydrogens (primary N) is 1. The highest BCUT2D eigenvalue weighted by molar-refractivity contribution is 9.10. The smallest absolute Gasteiger partial charge is 0.104 e. The molecule has 1 aromatic rings. The minimum Gasteiger partial charge on any atom is -0.389 e. The fraction of sp³-hybridized carbons (Fsp3) is 0.500. The van der Waals surface area contributed by atoms with E-state index >= 15 is 0 Å². The lowest BCUT2D eigenvalue weighted by atomic mass is 9.84. The largest absolute Gasteiger partial charge is 0.389 e. The van der Waals surface area contributed by atoms with Crippen LogP contribution >= 0.6 is 28.1 Å². The van der Waals surface area contributed by atoms with Gasteiger partial charge in [-0.15, -0.1) is 0 Å². The van der Waals surface area contributed by atoms with Gasteiger partial charge in [-0.3, -0.25) is 0 Å². The van der Waals surface area contributed by atoms with Crippen LogP contribution in [-0.2, 0) is 0 Å². The third-order valence-corrected chi connectivity index (χ3v) is 4.34. The highest BCUT2D eigenvalue weighted by Gasteiger charge is 2.27. The summed E-state index contributed by atoms with van der Waals surface area (Å²) in [7, 11) is 0. The summed E-state index contributed by atoms with van der Waals surface area (Å²) >= 11 is 8.63. The Kier molecular flexibility index (Phi) is 3.97. The summed E-state index contributed by atoms with van der Waals surface area (Å²) in [5.74, 6) is 0. The summed E-state index contributed by atoms with van der Waals surface area (Å²) in [6, 6.07) is 6.13. The van der Waals surface area contributed by atoms with E-state index in [2.05, 4.69) is 40.7 Å². The number of nitrogens with zero attached hydrogens (tertiary/aromatic N) is 1. The number of anilines is 1. The standard InChI is InChI=1S/C14H19BrN2S/c1-14(2)6-3-7-17(9-14)12-5-4-10(13(16)18)8-11(12)15/h4-5,8H,3,6-7,9H2,1-2H3,(H2,16,18). The van der Waals surface area contributed by atoms with Crippen LogP contribution in [0.2, 0.25) is 0 Å². The van der Waals surface area contributed by atoms with Crippen molar-refractivity contribution in [2.24, 2.45) is 11.1 Å². The van der Waals surface area contributed by atoms with Gasteiger partial charge in [0.05, 0.1) is 5.69 Å². The van der Waals surface area contributed by atoms with E-state index in [1.807, 2.05) is 12.1 Å². The summed E-state index contributed by atoms with van der Waals surface area (Å²) in [5, 5.41) is 0. The Bertz CT molecular complexity index is 471. The van der Waals surface area contributed by atoms with E-state index < -0.39 is 0 Å². The van der Waals surface area contributed by atoms with Crippen molar-refractivity contribution >= 4 is 38.8 Å². The van der Waals surface area contributed by atoms with Gasteiger partial charge in [-0.1, -0.05) is 26.1 Å². The molecule has 0 unspecified atom stereocenters. The van der Waals surface area contributed by atoms with E-state index in [1.165, 1.54) is 18.5 Å². The topological polar surface area (TPSA) is 29.3 Å². The van der Waals surface area contributed by atoms with Crippen LogP contribution in [0.3, 0.4) is 0 Å². The number of rotatable bonds is 2. The van der Waals surface area contributed by atoms with Crippen LogP contribution in [0, 0.1) is 5.41 Å². The summed E-state index contributed by atoms with van der Waals surface area (Å²) in [4.78, 5) is 2.89. The first kappa shape index (κ1) is 13.8. The summed E-state index contributed by atoms with van der Waals surface area (Å²) in [6.45, 7) is 6.87. The van der Waals surface area contributed by atoms with E-state index in [0.717, 1.165) is 23.1 Å². The van der Waals surface area contributed by atoms with Crippen LogP contribution < -0.4 is 10.6 Å². The third-order valence-electron chi connectivity index (χ3n) is 3.47. The SMILES string of the molecule is CC1(C)CCCN(c2ccc(C(N)=S)cc2Br)C1. The normalized spacial score (nSPS) is 18.7. The first-order valence-electron chi connectivity index (χ1n) is 6.23. The molecular formula is C14H19BrN2S. The molecule has 2 rings (SSSR count). The molecule has 0 aliphatic carbocycles. The highest BCUT2D eigenvalue weighted by atomic mass is 79.9. The van der Waals surface area contributed by atoms with Gasteiger partial charge in [0.2, 0.25) is 0 Å². The molecule has 1 heterocycles. The molecule has 0 bridgehead atoms. The van der Waals surface area contributed by atoms with Gasteiger partial charge in [-0.25, -0.2) is 0 Å². The lowest BCUT2D eigenvalue weighted by Crippen LogP contribution is -2.40. The van der Waals surface area contributed by atoms with Gasteiger partial charge >= 0.3 is 0 Å². The molecule has 1 saturated heterocycles.